The molecule has 8 nitrogen and oxygen atoms in total. The topological polar surface area (TPSA) is 92.2 Å². The van der Waals surface area contributed by atoms with Gasteiger partial charge in [-0.1, -0.05) is 31.4 Å². The number of carbonyl (C=O) groups is 2. The van der Waals surface area contributed by atoms with Crippen molar-refractivity contribution in [3.63, 3.8) is 0 Å². The Balaban J connectivity index is 1.38. The maximum Gasteiger partial charge on any atom is 0.315 e. The van der Waals surface area contributed by atoms with E-state index in [1.54, 1.807) is 15.9 Å². The molecule has 162 valence electrons. The molecule has 1 fully saturated rings. The highest BCUT2D eigenvalue weighted by atomic mass is 16.2. The van der Waals surface area contributed by atoms with Gasteiger partial charge in [0.2, 0.25) is 5.91 Å². The van der Waals surface area contributed by atoms with Gasteiger partial charge in [-0.05, 0) is 43.9 Å². The number of amides is 3. The van der Waals surface area contributed by atoms with E-state index in [1.165, 1.54) is 25.6 Å². The summed E-state index contributed by atoms with van der Waals surface area (Å²) < 4.78 is 1.70. The van der Waals surface area contributed by atoms with Crippen LogP contribution in [0.3, 0.4) is 0 Å². The normalized spacial score (nSPS) is 15.4. The first kappa shape index (κ1) is 21.8. The molecule has 0 aliphatic heterocycles. The Morgan fingerprint density at radius 2 is 1.93 bits per heavy atom. The van der Waals surface area contributed by atoms with Gasteiger partial charge in [0.15, 0.2) is 0 Å². The highest BCUT2D eigenvalue weighted by molar-refractivity contribution is 5.77. The summed E-state index contributed by atoms with van der Waals surface area (Å²) in [5.41, 5.74) is 1.98. The summed E-state index contributed by atoms with van der Waals surface area (Å²) in [6.07, 6.45) is 9.94. The second-order valence-corrected chi connectivity index (χ2v) is 7.95. The van der Waals surface area contributed by atoms with E-state index in [0.29, 0.717) is 25.4 Å². The second kappa shape index (κ2) is 10.8. The largest absolute Gasteiger partial charge is 0.339 e. The minimum Gasteiger partial charge on any atom is -0.339 e. The van der Waals surface area contributed by atoms with Gasteiger partial charge in [-0.15, -0.1) is 0 Å². The fourth-order valence-electron chi connectivity index (χ4n) is 3.79. The van der Waals surface area contributed by atoms with Gasteiger partial charge in [0.05, 0.1) is 11.7 Å². The van der Waals surface area contributed by atoms with Crippen molar-refractivity contribution in [2.45, 2.75) is 64.0 Å². The van der Waals surface area contributed by atoms with Crippen LogP contribution in [0.2, 0.25) is 0 Å². The number of hydrogen-bond acceptors (Lipinski definition) is 4. The maximum absolute atomic E-state index is 12.5. The van der Waals surface area contributed by atoms with Crippen molar-refractivity contribution in [2.75, 3.05) is 13.6 Å². The monoisotopic (exact) mass is 412 g/mol. The van der Waals surface area contributed by atoms with Crippen molar-refractivity contribution in [3.8, 4) is 5.69 Å². The fourth-order valence-corrected chi connectivity index (χ4v) is 3.79. The van der Waals surface area contributed by atoms with Gasteiger partial charge >= 0.3 is 6.03 Å². The molecule has 1 aliphatic rings. The number of carbonyl (C=O) groups excluding carboxylic acids is 2. The molecule has 3 rings (SSSR count). The third kappa shape index (κ3) is 6.05. The lowest BCUT2D eigenvalue weighted by Gasteiger charge is -2.26. The molecule has 8 heteroatoms. The molecule has 1 heterocycles. The van der Waals surface area contributed by atoms with Crippen LogP contribution in [0.4, 0.5) is 4.79 Å². The van der Waals surface area contributed by atoms with Gasteiger partial charge in [0.25, 0.3) is 0 Å². The van der Waals surface area contributed by atoms with E-state index in [1.807, 2.05) is 38.2 Å². The van der Waals surface area contributed by atoms with Crippen molar-refractivity contribution in [3.05, 3.63) is 42.5 Å². The van der Waals surface area contributed by atoms with Gasteiger partial charge in [-0.25, -0.2) is 14.5 Å². The third-order valence-corrected chi connectivity index (χ3v) is 5.83. The first-order valence-electron chi connectivity index (χ1n) is 10.8. The molecule has 1 saturated carbocycles. The van der Waals surface area contributed by atoms with Crippen LogP contribution in [0.5, 0.6) is 0 Å². The lowest BCUT2D eigenvalue weighted by Crippen LogP contribution is -2.43. The summed E-state index contributed by atoms with van der Waals surface area (Å²) in [7, 11) is 1.82. The van der Waals surface area contributed by atoms with E-state index in [9.17, 15) is 9.59 Å². The molecule has 2 N–H and O–H groups in total. The van der Waals surface area contributed by atoms with Gasteiger partial charge in [-0.3, -0.25) is 4.79 Å². The SMILES string of the molecule is C[C@@H](c1ccc(-n2cncn2)cc1)N(C)C(=O)CCCNC(=O)NC1CCCCC1. The smallest absolute Gasteiger partial charge is 0.315 e. The molecule has 0 spiro atoms. The summed E-state index contributed by atoms with van der Waals surface area (Å²) >= 11 is 0. The minimum atomic E-state index is -0.122. The summed E-state index contributed by atoms with van der Waals surface area (Å²) in [5, 5.41) is 10.0. The Kier molecular flexibility index (Phi) is 7.82. The number of aromatic nitrogens is 3. The molecule has 1 aromatic carbocycles. The lowest BCUT2D eigenvalue weighted by molar-refractivity contribution is -0.131. The van der Waals surface area contributed by atoms with Crippen LogP contribution >= 0.6 is 0 Å². The van der Waals surface area contributed by atoms with Crippen LogP contribution in [0, 0.1) is 0 Å². The summed E-state index contributed by atoms with van der Waals surface area (Å²) in [4.78, 5) is 30.2. The zero-order valence-electron chi connectivity index (χ0n) is 17.9. The van der Waals surface area contributed by atoms with E-state index < -0.39 is 0 Å². The van der Waals surface area contributed by atoms with Gasteiger partial charge < -0.3 is 15.5 Å². The molecular weight excluding hydrogens is 380 g/mol. The Bertz CT molecular complexity index is 800. The van der Waals surface area contributed by atoms with Crippen LogP contribution in [0.25, 0.3) is 5.69 Å². The number of hydrogen-bond donors (Lipinski definition) is 2. The van der Waals surface area contributed by atoms with Crippen molar-refractivity contribution in [1.82, 2.24) is 30.3 Å². The Labute approximate surface area is 178 Å². The van der Waals surface area contributed by atoms with Crippen LogP contribution in [0.15, 0.2) is 36.9 Å². The predicted octanol–water partition coefficient (Wildman–Crippen LogP) is 3.20. The van der Waals surface area contributed by atoms with Crippen molar-refractivity contribution >= 4 is 11.9 Å². The zero-order chi connectivity index (χ0) is 21.3. The first-order chi connectivity index (χ1) is 14.5. The van der Waals surface area contributed by atoms with Crippen LogP contribution in [-0.2, 0) is 4.79 Å². The van der Waals surface area contributed by atoms with Crippen molar-refractivity contribution < 1.29 is 9.59 Å². The highest BCUT2D eigenvalue weighted by Crippen LogP contribution is 2.21. The number of rotatable bonds is 8. The molecule has 0 radical (unpaired) electrons. The molecule has 2 aromatic rings. The van der Waals surface area contributed by atoms with Gasteiger partial charge in [0, 0.05) is 26.1 Å². The summed E-state index contributed by atoms with van der Waals surface area (Å²) in [5.74, 6) is 0.0670. The maximum atomic E-state index is 12.5. The standard InChI is InChI=1S/C22H32N6O2/c1-17(18-10-12-20(13-11-18)28-16-23-15-25-28)27(2)21(29)9-6-14-24-22(30)26-19-7-4-3-5-8-19/h10-13,15-17,19H,3-9,14H2,1-2H3,(H2,24,26,30)/t17-/m0/s1. The number of urea groups is 1. The van der Waals surface area contributed by atoms with Gasteiger partial charge in [-0.2, -0.15) is 5.10 Å². The highest BCUT2D eigenvalue weighted by Gasteiger charge is 2.18. The van der Waals surface area contributed by atoms with E-state index in [4.69, 9.17) is 0 Å². The summed E-state index contributed by atoms with van der Waals surface area (Å²) in [6, 6.07) is 8.07. The van der Waals surface area contributed by atoms with Crippen LogP contribution < -0.4 is 10.6 Å². The number of benzene rings is 1. The van der Waals surface area contributed by atoms with E-state index in [2.05, 4.69) is 20.7 Å². The molecule has 0 bridgehead atoms. The Morgan fingerprint density at radius 3 is 2.60 bits per heavy atom. The van der Waals surface area contributed by atoms with E-state index >= 15 is 0 Å². The quantitative estimate of drug-likeness (QED) is 0.651. The van der Waals surface area contributed by atoms with Crippen LogP contribution in [-0.4, -0.2) is 51.2 Å². The number of nitrogens with zero attached hydrogens (tertiary/aromatic N) is 4. The third-order valence-electron chi connectivity index (χ3n) is 5.83. The molecule has 1 aromatic heterocycles. The predicted molar refractivity (Wildman–Crippen MR) is 115 cm³/mol. The Morgan fingerprint density at radius 1 is 1.20 bits per heavy atom. The first-order valence-corrected chi connectivity index (χ1v) is 10.8. The minimum absolute atomic E-state index is 0.0372. The average Bonchev–Trinajstić information content (AvgIpc) is 3.31. The van der Waals surface area contributed by atoms with E-state index in [0.717, 1.165) is 24.1 Å². The molecule has 1 aliphatic carbocycles. The van der Waals surface area contributed by atoms with Crippen LogP contribution in [0.1, 0.15) is 63.5 Å². The molecular formula is C22H32N6O2. The van der Waals surface area contributed by atoms with Crippen molar-refractivity contribution in [1.29, 1.82) is 0 Å². The molecule has 1 atom stereocenters. The summed E-state index contributed by atoms with van der Waals surface area (Å²) in [6.45, 7) is 2.51. The lowest BCUT2D eigenvalue weighted by atomic mass is 9.96. The van der Waals surface area contributed by atoms with Gasteiger partial charge in [0.1, 0.15) is 12.7 Å². The average molecular weight is 413 g/mol. The number of nitrogens with one attached hydrogen (secondary N) is 2. The zero-order valence-corrected chi connectivity index (χ0v) is 17.9. The second-order valence-electron chi connectivity index (χ2n) is 7.95. The molecule has 0 unspecified atom stereocenters. The Hall–Kier alpha value is -2.90. The van der Waals surface area contributed by atoms with E-state index in [-0.39, 0.29) is 18.0 Å². The fraction of sp³-hybridized carbons (Fsp3) is 0.545. The van der Waals surface area contributed by atoms with Crippen molar-refractivity contribution in [2.24, 2.45) is 0 Å². The molecule has 3 amide bonds. The molecule has 30 heavy (non-hydrogen) atoms. The molecule has 0 saturated heterocycles.